The van der Waals surface area contributed by atoms with Gasteiger partial charge in [-0.05, 0) is 32.0 Å². The van der Waals surface area contributed by atoms with Gasteiger partial charge < -0.3 is 15.5 Å². The fourth-order valence-electron chi connectivity index (χ4n) is 1.91. The van der Waals surface area contributed by atoms with Crippen molar-refractivity contribution in [1.29, 1.82) is 0 Å². The van der Waals surface area contributed by atoms with Crippen LogP contribution < -0.4 is 10.5 Å². The first kappa shape index (κ1) is 14.1. The molecule has 0 aliphatic rings. The number of benzene rings is 1. The molecule has 1 aromatic carbocycles. The quantitative estimate of drug-likeness (QED) is 0.908. The number of imidazole rings is 1. The SMILES string of the molecule is COc1ccc(Br)cc1-c1cnc(CC(C)(C)N)[nH]1. The number of aromatic amines is 1. The highest BCUT2D eigenvalue weighted by molar-refractivity contribution is 9.10. The second kappa shape index (κ2) is 5.35. The number of nitrogens with zero attached hydrogens (tertiary/aromatic N) is 1. The molecule has 102 valence electrons. The Morgan fingerprint density at radius 2 is 2.16 bits per heavy atom. The van der Waals surface area contributed by atoms with E-state index >= 15 is 0 Å². The molecule has 0 aliphatic carbocycles. The van der Waals surface area contributed by atoms with Crippen molar-refractivity contribution in [2.24, 2.45) is 5.73 Å². The zero-order valence-electron chi connectivity index (χ0n) is 11.3. The summed E-state index contributed by atoms with van der Waals surface area (Å²) in [6, 6.07) is 5.87. The van der Waals surface area contributed by atoms with Gasteiger partial charge in [0.2, 0.25) is 0 Å². The summed E-state index contributed by atoms with van der Waals surface area (Å²) >= 11 is 3.47. The van der Waals surface area contributed by atoms with Crippen LogP contribution in [0, 0.1) is 0 Å². The van der Waals surface area contributed by atoms with Crippen molar-refractivity contribution in [3.8, 4) is 17.0 Å². The minimum absolute atomic E-state index is 0.281. The number of halogens is 1. The summed E-state index contributed by atoms with van der Waals surface area (Å²) in [5.74, 6) is 1.69. The van der Waals surface area contributed by atoms with Crippen molar-refractivity contribution < 1.29 is 4.74 Å². The summed E-state index contributed by atoms with van der Waals surface area (Å²) in [4.78, 5) is 7.67. The number of hydrogen-bond acceptors (Lipinski definition) is 3. The summed E-state index contributed by atoms with van der Waals surface area (Å²) in [7, 11) is 1.66. The molecule has 3 N–H and O–H groups in total. The van der Waals surface area contributed by atoms with E-state index in [0.29, 0.717) is 6.42 Å². The van der Waals surface area contributed by atoms with E-state index in [1.165, 1.54) is 0 Å². The third-order valence-electron chi connectivity index (χ3n) is 2.70. The molecule has 0 saturated carbocycles. The Morgan fingerprint density at radius 3 is 2.79 bits per heavy atom. The molecule has 0 amide bonds. The van der Waals surface area contributed by atoms with Gasteiger partial charge in [0.15, 0.2) is 0 Å². The summed E-state index contributed by atoms with van der Waals surface area (Å²) in [6.07, 6.45) is 2.51. The number of methoxy groups -OCH3 is 1. The second-order valence-electron chi connectivity index (χ2n) is 5.25. The van der Waals surface area contributed by atoms with Crippen molar-refractivity contribution >= 4 is 15.9 Å². The van der Waals surface area contributed by atoms with Gasteiger partial charge in [-0.15, -0.1) is 0 Å². The van der Waals surface area contributed by atoms with Gasteiger partial charge in [-0.25, -0.2) is 4.98 Å². The molecular weight excluding hydrogens is 306 g/mol. The highest BCUT2D eigenvalue weighted by Crippen LogP contribution is 2.31. The van der Waals surface area contributed by atoms with Gasteiger partial charge in [0.1, 0.15) is 11.6 Å². The molecule has 0 unspecified atom stereocenters. The van der Waals surface area contributed by atoms with Crippen molar-refractivity contribution in [2.45, 2.75) is 25.8 Å². The van der Waals surface area contributed by atoms with E-state index in [-0.39, 0.29) is 5.54 Å². The number of nitrogens with one attached hydrogen (secondary N) is 1. The monoisotopic (exact) mass is 323 g/mol. The van der Waals surface area contributed by atoms with E-state index in [4.69, 9.17) is 10.5 Å². The van der Waals surface area contributed by atoms with Crippen LogP contribution in [0.4, 0.5) is 0 Å². The lowest BCUT2D eigenvalue weighted by atomic mass is 10.0. The zero-order valence-corrected chi connectivity index (χ0v) is 12.9. The molecule has 19 heavy (non-hydrogen) atoms. The maximum atomic E-state index is 6.00. The summed E-state index contributed by atoms with van der Waals surface area (Å²) in [5.41, 5.74) is 7.63. The predicted molar refractivity (Wildman–Crippen MR) is 80.2 cm³/mol. The van der Waals surface area contributed by atoms with Gasteiger partial charge in [0.25, 0.3) is 0 Å². The Balaban J connectivity index is 2.35. The summed E-state index contributed by atoms with van der Waals surface area (Å²) in [5, 5.41) is 0. The molecule has 0 fully saturated rings. The van der Waals surface area contributed by atoms with E-state index < -0.39 is 0 Å². The number of nitrogens with two attached hydrogens (primary N) is 1. The first-order chi connectivity index (χ1) is 8.89. The molecule has 0 radical (unpaired) electrons. The van der Waals surface area contributed by atoms with Crippen molar-refractivity contribution in [3.63, 3.8) is 0 Å². The fourth-order valence-corrected chi connectivity index (χ4v) is 2.27. The number of ether oxygens (including phenoxy) is 1. The van der Waals surface area contributed by atoms with Crippen LogP contribution in [-0.2, 0) is 6.42 Å². The molecule has 5 heteroatoms. The molecule has 2 rings (SSSR count). The highest BCUT2D eigenvalue weighted by Gasteiger charge is 2.15. The lowest BCUT2D eigenvalue weighted by molar-refractivity contribution is 0.416. The minimum atomic E-state index is -0.281. The van der Waals surface area contributed by atoms with Crippen LogP contribution in [-0.4, -0.2) is 22.6 Å². The smallest absolute Gasteiger partial charge is 0.128 e. The van der Waals surface area contributed by atoms with Gasteiger partial charge in [0.05, 0.1) is 19.0 Å². The average molecular weight is 324 g/mol. The third-order valence-corrected chi connectivity index (χ3v) is 3.20. The lowest BCUT2D eigenvalue weighted by Crippen LogP contribution is -2.34. The van der Waals surface area contributed by atoms with Crippen LogP contribution >= 0.6 is 15.9 Å². The van der Waals surface area contributed by atoms with Crippen molar-refractivity contribution in [3.05, 3.63) is 34.7 Å². The van der Waals surface area contributed by atoms with Gasteiger partial charge in [-0.1, -0.05) is 15.9 Å². The first-order valence-electron chi connectivity index (χ1n) is 6.06. The Labute approximate surface area is 121 Å². The van der Waals surface area contributed by atoms with Gasteiger partial charge >= 0.3 is 0 Å². The van der Waals surface area contributed by atoms with Gasteiger partial charge in [0, 0.05) is 22.0 Å². The van der Waals surface area contributed by atoms with Crippen molar-refractivity contribution in [2.75, 3.05) is 7.11 Å². The van der Waals surface area contributed by atoms with E-state index in [9.17, 15) is 0 Å². The number of H-pyrrole nitrogens is 1. The van der Waals surface area contributed by atoms with Gasteiger partial charge in [-0.2, -0.15) is 0 Å². The molecule has 2 aromatic rings. The van der Waals surface area contributed by atoms with Crippen LogP contribution in [0.5, 0.6) is 5.75 Å². The molecule has 0 bridgehead atoms. The first-order valence-corrected chi connectivity index (χ1v) is 6.85. The molecule has 4 nitrogen and oxygen atoms in total. The van der Waals surface area contributed by atoms with Gasteiger partial charge in [-0.3, -0.25) is 0 Å². The molecule has 0 spiro atoms. The van der Waals surface area contributed by atoms with Crippen LogP contribution in [0.25, 0.3) is 11.3 Å². The maximum absolute atomic E-state index is 6.00. The van der Waals surface area contributed by atoms with E-state index in [0.717, 1.165) is 27.3 Å². The fraction of sp³-hybridized carbons (Fsp3) is 0.357. The largest absolute Gasteiger partial charge is 0.496 e. The molecule has 1 heterocycles. The van der Waals surface area contributed by atoms with Crippen molar-refractivity contribution in [1.82, 2.24) is 9.97 Å². The standard InChI is InChI=1S/C14H18BrN3O/c1-14(2,16)7-13-17-8-11(18-13)10-6-9(15)4-5-12(10)19-3/h4-6,8H,7,16H2,1-3H3,(H,17,18). The molecule has 0 atom stereocenters. The topological polar surface area (TPSA) is 63.9 Å². The number of aromatic nitrogens is 2. The molecular formula is C14H18BrN3O. The third kappa shape index (κ3) is 3.58. The molecule has 1 aromatic heterocycles. The zero-order chi connectivity index (χ0) is 14.0. The minimum Gasteiger partial charge on any atom is -0.496 e. The maximum Gasteiger partial charge on any atom is 0.128 e. The normalized spacial score (nSPS) is 11.6. The highest BCUT2D eigenvalue weighted by atomic mass is 79.9. The van der Waals surface area contributed by atoms with E-state index in [1.54, 1.807) is 7.11 Å². The van der Waals surface area contributed by atoms with E-state index in [1.807, 2.05) is 38.2 Å². The van der Waals surface area contributed by atoms with E-state index in [2.05, 4.69) is 25.9 Å². The van der Waals surface area contributed by atoms with Crippen LogP contribution in [0.15, 0.2) is 28.9 Å². The summed E-state index contributed by atoms with van der Waals surface area (Å²) in [6.45, 7) is 3.96. The van der Waals surface area contributed by atoms with Crippen LogP contribution in [0.2, 0.25) is 0 Å². The summed E-state index contributed by atoms with van der Waals surface area (Å²) < 4.78 is 6.37. The number of rotatable bonds is 4. The van der Waals surface area contributed by atoms with Crippen LogP contribution in [0.1, 0.15) is 19.7 Å². The second-order valence-corrected chi connectivity index (χ2v) is 6.17. The molecule has 0 saturated heterocycles. The predicted octanol–water partition coefficient (Wildman–Crippen LogP) is 3.13. The number of hydrogen-bond donors (Lipinski definition) is 2. The Morgan fingerprint density at radius 1 is 1.42 bits per heavy atom. The average Bonchev–Trinajstić information content (AvgIpc) is 2.75. The Kier molecular flexibility index (Phi) is 3.96. The Bertz CT molecular complexity index is 572. The molecule has 0 aliphatic heterocycles. The Hall–Kier alpha value is -1.33. The van der Waals surface area contributed by atoms with Crippen LogP contribution in [0.3, 0.4) is 0 Å². The lowest BCUT2D eigenvalue weighted by Gasteiger charge is -2.16.